The summed E-state index contributed by atoms with van der Waals surface area (Å²) < 4.78 is 0. The lowest BCUT2D eigenvalue weighted by Crippen LogP contribution is -2.41. The number of hydrogen-bond acceptors (Lipinski definition) is 4. The van der Waals surface area contributed by atoms with Crippen LogP contribution < -0.4 is 5.32 Å². The normalized spacial score (nSPS) is 11.3. The molecule has 2 heterocycles. The number of hydrogen-bond donors (Lipinski definition) is 2. The van der Waals surface area contributed by atoms with E-state index in [9.17, 15) is 4.79 Å². The zero-order valence-electron chi connectivity index (χ0n) is 12.0. The number of rotatable bonds is 5. The molecule has 0 atom stereocenters. The molecule has 2 rings (SSSR count). The molecule has 6 nitrogen and oxygen atoms in total. The van der Waals surface area contributed by atoms with E-state index in [1.54, 1.807) is 24.9 Å². The fraction of sp³-hybridized carbons (Fsp3) is 0.429. The van der Waals surface area contributed by atoms with Gasteiger partial charge in [-0.25, -0.2) is 4.98 Å². The minimum atomic E-state index is -0.630. The zero-order chi connectivity index (χ0) is 14.6. The lowest BCUT2D eigenvalue weighted by Gasteiger charge is -2.21. The quantitative estimate of drug-likeness (QED) is 0.855. The Bertz CT molecular complexity index is 560. The molecule has 0 saturated heterocycles. The second-order valence-electron chi connectivity index (χ2n) is 5.25. The highest BCUT2D eigenvalue weighted by atomic mass is 16.2. The van der Waals surface area contributed by atoms with Gasteiger partial charge in [0.25, 0.3) is 0 Å². The number of nitrogens with zero attached hydrogens (tertiary/aromatic N) is 3. The van der Waals surface area contributed by atoms with E-state index < -0.39 is 5.41 Å². The summed E-state index contributed by atoms with van der Waals surface area (Å²) in [6.07, 6.45) is 7.38. The lowest BCUT2D eigenvalue weighted by molar-refractivity contribution is -0.125. The third-order valence-corrected chi connectivity index (χ3v) is 3.24. The third-order valence-electron chi connectivity index (χ3n) is 3.24. The van der Waals surface area contributed by atoms with Crippen LogP contribution >= 0.6 is 0 Å². The van der Waals surface area contributed by atoms with Crippen LogP contribution in [0, 0.1) is 6.92 Å². The van der Waals surface area contributed by atoms with Crippen LogP contribution in [0.15, 0.2) is 24.9 Å². The number of aryl methyl sites for hydroxylation is 1. The van der Waals surface area contributed by atoms with Crippen LogP contribution in [-0.4, -0.2) is 32.4 Å². The van der Waals surface area contributed by atoms with E-state index in [1.165, 1.54) is 0 Å². The fourth-order valence-electron chi connectivity index (χ4n) is 1.79. The Hall–Kier alpha value is -2.24. The Morgan fingerprint density at radius 2 is 2.10 bits per heavy atom. The van der Waals surface area contributed by atoms with Gasteiger partial charge in [0, 0.05) is 37.3 Å². The Balaban J connectivity index is 1.88. The zero-order valence-corrected chi connectivity index (χ0v) is 12.0. The van der Waals surface area contributed by atoms with Crippen molar-refractivity contribution in [1.29, 1.82) is 0 Å². The second kappa shape index (κ2) is 5.81. The molecule has 6 heteroatoms. The number of nitrogens with one attached hydrogen (secondary N) is 2. The number of amides is 1. The second-order valence-corrected chi connectivity index (χ2v) is 5.25. The maximum absolute atomic E-state index is 12.2. The van der Waals surface area contributed by atoms with Crippen molar-refractivity contribution in [2.24, 2.45) is 0 Å². The number of carbonyl (C=O) groups is 1. The van der Waals surface area contributed by atoms with E-state index in [0.717, 1.165) is 17.1 Å². The first-order chi connectivity index (χ1) is 9.50. The first kappa shape index (κ1) is 14.2. The van der Waals surface area contributed by atoms with Gasteiger partial charge in [0.2, 0.25) is 5.91 Å². The van der Waals surface area contributed by atoms with Gasteiger partial charge in [-0.15, -0.1) is 0 Å². The van der Waals surface area contributed by atoms with Gasteiger partial charge < -0.3 is 10.3 Å². The van der Waals surface area contributed by atoms with Crippen LogP contribution in [0.4, 0.5) is 0 Å². The molecule has 106 valence electrons. The van der Waals surface area contributed by atoms with Crippen molar-refractivity contribution in [3.05, 3.63) is 42.0 Å². The van der Waals surface area contributed by atoms with Crippen molar-refractivity contribution in [3.8, 4) is 0 Å². The minimum Gasteiger partial charge on any atom is -0.355 e. The molecule has 20 heavy (non-hydrogen) atoms. The summed E-state index contributed by atoms with van der Waals surface area (Å²) in [5.41, 5.74) is 1.92. The Labute approximate surface area is 118 Å². The van der Waals surface area contributed by atoms with Crippen molar-refractivity contribution in [2.45, 2.75) is 32.6 Å². The van der Waals surface area contributed by atoms with Gasteiger partial charge in [0.05, 0.1) is 23.1 Å². The average Bonchev–Trinajstić information content (AvgIpc) is 2.95. The fourth-order valence-corrected chi connectivity index (χ4v) is 1.79. The van der Waals surface area contributed by atoms with Crippen molar-refractivity contribution >= 4 is 5.91 Å². The molecule has 2 aromatic heterocycles. The average molecular weight is 273 g/mol. The van der Waals surface area contributed by atoms with E-state index in [0.29, 0.717) is 13.0 Å². The molecule has 1 amide bonds. The van der Waals surface area contributed by atoms with Gasteiger partial charge >= 0.3 is 0 Å². The number of H-pyrrole nitrogens is 1. The van der Waals surface area contributed by atoms with E-state index >= 15 is 0 Å². The van der Waals surface area contributed by atoms with E-state index in [1.807, 2.05) is 20.8 Å². The molecule has 0 bridgehead atoms. The summed E-state index contributed by atoms with van der Waals surface area (Å²) in [6, 6.07) is 0. The summed E-state index contributed by atoms with van der Waals surface area (Å²) >= 11 is 0. The standard InChI is InChI=1S/C14H19N5O/c1-10-6-18-11(7-17-10)4-5-16-13(20)14(2,3)12-8-15-9-19-12/h6-9H,4-5H2,1-3H3,(H,15,19)(H,16,20). The molecule has 0 radical (unpaired) electrons. The third kappa shape index (κ3) is 3.20. The maximum atomic E-state index is 12.2. The molecule has 0 aliphatic rings. The summed E-state index contributed by atoms with van der Waals surface area (Å²) in [4.78, 5) is 27.6. The molecule has 0 aromatic carbocycles. The van der Waals surface area contributed by atoms with Crippen LogP contribution in [-0.2, 0) is 16.6 Å². The van der Waals surface area contributed by atoms with Gasteiger partial charge in [-0.05, 0) is 20.8 Å². The summed E-state index contributed by atoms with van der Waals surface area (Å²) in [5.74, 6) is -0.0400. The van der Waals surface area contributed by atoms with E-state index in [-0.39, 0.29) is 5.91 Å². The molecule has 0 unspecified atom stereocenters. The first-order valence-electron chi connectivity index (χ1n) is 6.55. The summed E-state index contributed by atoms with van der Waals surface area (Å²) in [7, 11) is 0. The first-order valence-corrected chi connectivity index (χ1v) is 6.55. The highest BCUT2D eigenvalue weighted by Crippen LogP contribution is 2.20. The highest BCUT2D eigenvalue weighted by Gasteiger charge is 2.30. The van der Waals surface area contributed by atoms with Gasteiger partial charge in [-0.1, -0.05) is 0 Å². The molecular formula is C14H19N5O. The van der Waals surface area contributed by atoms with Crippen LogP contribution in [0.5, 0.6) is 0 Å². The molecule has 2 N–H and O–H groups in total. The predicted molar refractivity (Wildman–Crippen MR) is 75.1 cm³/mol. The van der Waals surface area contributed by atoms with Crippen LogP contribution in [0.3, 0.4) is 0 Å². The van der Waals surface area contributed by atoms with Crippen molar-refractivity contribution in [3.63, 3.8) is 0 Å². The van der Waals surface area contributed by atoms with Crippen LogP contribution in [0.1, 0.15) is 30.9 Å². The molecular weight excluding hydrogens is 254 g/mol. The molecule has 0 fully saturated rings. The Kier molecular flexibility index (Phi) is 4.12. The smallest absolute Gasteiger partial charge is 0.231 e. The molecule has 0 spiro atoms. The van der Waals surface area contributed by atoms with Crippen molar-refractivity contribution in [2.75, 3.05) is 6.54 Å². The molecule has 0 aliphatic heterocycles. The van der Waals surface area contributed by atoms with Crippen LogP contribution in [0.25, 0.3) is 0 Å². The highest BCUT2D eigenvalue weighted by molar-refractivity contribution is 5.86. The number of carbonyl (C=O) groups excluding carboxylic acids is 1. The van der Waals surface area contributed by atoms with Gasteiger partial charge in [-0.3, -0.25) is 14.8 Å². The maximum Gasteiger partial charge on any atom is 0.231 e. The topological polar surface area (TPSA) is 83.6 Å². The number of imidazole rings is 1. The van der Waals surface area contributed by atoms with E-state index in [4.69, 9.17) is 0 Å². The monoisotopic (exact) mass is 273 g/mol. The lowest BCUT2D eigenvalue weighted by atomic mass is 9.89. The van der Waals surface area contributed by atoms with Crippen LogP contribution in [0.2, 0.25) is 0 Å². The Morgan fingerprint density at radius 1 is 1.30 bits per heavy atom. The number of aromatic nitrogens is 4. The Morgan fingerprint density at radius 3 is 2.70 bits per heavy atom. The predicted octanol–water partition coefficient (Wildman–Crippen LogP) is 1.14. The molecule has 2 aromatic rings. The minimum absolute atomic E-state index is 0.0400. The summed E-state index contributed by atoms with van der Waals surface area (Å²) in [6.45, 7) is 6.16. The van der Waals surface area contributed by atoms with Crippen molar-refractivity contribution in [1.82, 2.24) is 25.3 Å². The van der Waals surface area contributed by atoms with E-state index in [2.05, 4.69) is 25.3 Å². The number of aromatic amines is 1. The summed E-state index contributed by atoms with van der Waals surface area (Å²) in [5, 5.41) is 2.92. The van der Waals surface area contributed by atoms with Gasteiger partial charge in [-0.2, -0.15) is 0 Å². The molecule has 0 aliphatic carbocycles. The SMILES string of the molecule is Cc1cnc(CCNC(=O)C(C)(C)c2cnc[nH]2)cn1. The van der Waals surface area contributed by atoms with Crippen molar-refractivity contribution < 1.29 is 4.79 Å². The largest absolute Gasteiger partial charge is 0.355 e. The molecule has 0 saturated carbocycles. The van der Waals surface area contributed by atoms with Gasteiger partial charge in [0.15, 0.2) is 0 Å². The van der Waals surface area contributed by atoms with Gasteiger partial charge in [0.1, 0.15) is 0 Å².